The molecular formula is C18H22N2O. The predicted molar refractivity (Wildman–Crippen MR) is 85.0 cm³/mol. The molecule has 1 heterocycles. The molecule has 1 amide bonds. The molecule has 1 unspecified atom stereocenters. The number of carbonyl (C=O) groups excluding carboxylic acids is 1. The fourth-order valence-corrected chi connectivity index (χ4v) is 2.23. The highest BCUT2D eigenvalue weighted by Gasteiger charge is 2.21. The molecule has 1 aromatic heterocycles. The lowest BCUT2D eigenvalue weighted by Crippen LogP contribution is -2.33. The van der Waals surface area contributed by atoms with Crippen LogP contribution in [0.1, 0.15) is 30.9 Å². The molecule has 0 aliphatic rings. The summed E-state index contributed by atoms with van der Waals surface area (Å²) < 4.78 is 0. The van der Waals surface area contributed by atoms with Crippen LogP contribution in [-0.2, 0) is 11.2 Å². The zero-order valence-corrected chi connectivity index (χ0v) is 12.6. The van der Waals surface area contributed by atoms with Crippen LogP contribution in [0.2, 0.25) is 0 Å². The van der Waals surface area contributed by atoms with Crippen molar-refractivity contribution in [1.29, 1.82) is 0 Å². The lowest BCUT2D eigenvalue weighted by atomic mass is 9.91. The molecule has 3 heteroatoms. The largest absolute Gasteiger partial charge is 0.355 e. The van der Waals surface area contributed by atoms with Crippen molar-refractivity contribution >= 4 is 5.91 Å². The first-order valence-electron chi connectivity index (χ1n) is 7.38. The Kier molecular flexibility index (Phi) is 5.50. The fraction of sp³-hybridized carbons (Fsp3) is 0.333. The van der Waals surface area contributed by atoms with Crippen LogP contribution in [0.3, 0.4) is 0 Å². The number of hydrogen-bond acceptors (Lipinski definition) is 2. The van der Waals surface area contributed by atoms with Gasteiger partial charge in [-0.2, -0.15) is 0 Å². The van der Waals surface area contributed by atoms with E-state index in [1.165, 1.54) is 0 Å². The molecule has 0 saturated carbocycles. The van der Waals surface area contributed by atoms with E-state index in [1.54, 1.807) is 6.20 Å². The maximum absolute atomic E-state index is 12.5. The molecule has 2 aromatic rings. The molecule has 1 N–H and O–H groups in total. The molecule has 110 valence electrons. The highest BCUT2D eigenvalue weighted by Crippen LogP contribution is 2.21. The molecule has 1 atom stereocenters. The maximum atomic E-state index is 12.5. The standard InChI is InChI=1S/C18H22N2O/c1-14(2)12-20-18(21)17(16-8-4-3-5-9-16)11-15-7-6-10-19-13-15/h3-10,13-14,17H,11-12H2,1-2H3,(H,20,21). The minimum Gasteiger partial charge on any atom is -0.355 e. The summed E-state index contributed by atoms with van der Waals surface area (Å²) in [7, 11) is 0. The number of nitrogens with one attached hydrogen (secondary N) is 1. The number of aromatic nitrogens is 1. The summed E-state index contributed by atoms with van der Waals surface area (Å²) in [5.41, 5.74) is 2.12. The van der Waals surface area contributed by atoms with Crippen LogP contribution >= 0.6 is 0 Å². The van der Waals surface area contributed by atoms with Gasteiger partial charge in [-0.3, -0.25) is 9.78 Å². The van der Waals surface area contributed by atoms with Crippen molar-refractivity contribution in [2.45, 2.75) is 26.2 Å². The van der Waals surface area contributed by atoms with Crippen LogP contribution in [0.25, 0.3) is 0 Å². The number of pyridine rings is 1. The molecule has 0 aliphatic heterocycles. The number of rotatable bonds is 6. The Balaban J connectivity index is 2.16. The van der Waals surface area contributed by atoms with Crippen LogP contribution in [0.5, 0.6) is 0 Å². The molecular weight excluding hydrogens is 260 g/mol. The zero-order chi connectivity index (χ0) is 15.1. The third kappa shape index (κ3) is 4.71. The average molecular weight is 282 g/mol. The number of nitrogens with zero attached hydrogens (tertiary/aromatic N) is 1. The van der Waals surface area contributed by atoms with Gasteiger partial charge in [-0.05, 0) is 29.5 Å². The molecule has 0 bridgehead atoms. The summed E-state index contributed by atoms with van der Waals surface area (Å²) in [5.74, 6) is 0.358. The van der Waals surface area contributed by atoms with E-state index in [0.717, 1.165) is 11.1 Å². The smallest absolute Gasteiger partial charge is 0.227 e. The number of amides is 1. The van der Waals surface area contributed by atoms with E-state index < -0.39 is 0 Å². The Labute approximate surface area is 126 Å². The van der Waals surface area contributed by atoms with Gasteiger partial charge >= 0.3 is 0 Å². The highest BCUT2D eigenvalue weighted by atomic mass is 16.1. The van der Waals surface area contributed by atoms with Crippen LogP contribution in [0.4, 0.5) is 0 Å². The van der Waals surface area contributed by atoms with Gasteiger partial charge in [0.2, 0.25) is 5.91 Å². The molecule has 0 spiro atoms. The average Bonchev–Trinajstić information content (AvgIpc) is 2.52. The number of carbonyl (C=O) groups is 1. The van der Waals surface area contributed by atoms with E-state index >= 15 is 0 Å². The van der Waals surface area contributed by atoms with Gasteiger partial charge in [0.15, 0.2) is 0 Å². The predicted octanol–water partition coefficient (Wildman–Crippen LogP) is 3.18. The summed E-state index contributed by atoms with van der Waals surface area (Å²) in [6, 6.07) is 13.9. The van der Waals surface area contributed by atoms with Crippen LogP contribution in [0.15, 0.2) is 54.9 Å². The van der Waals surface area contributed by atoms with E-state index in [2.05, 4.69) is 24.1 Å². The van der Waals surface area contributed by atoms with Gasteiger partial charge in [-0.25, -0.2) is 0 Å². The Morgan fingerprint density at radius 1 is 1.14 bits per heavy atom. The summed E-state index contributed by atoms with van der Waals surface area (Å²) in [4.78, 5) is 16.7. The lowest BCUT2D eigenvalue weighted by molar-refractivity contribution is -0.122. The summed E-state index contributed by atoms with van der Waals surface area (Å²) >= 11 is 0. The number of hydrogen-bond donors (Lipinski definition) is 1. The van der Waals surface area contributed by atoms with Crippen molar-refractivity contribution in [1.82, 2.24) is 10.3 Å². The van der Waals surface area contributed by atoms with E-state index in [4.69, 9.17) is 0 Å². The summed E-state index contributed by atoms with van der Waals surface area (Å²) in [5, 5.41) is 3.04. The number of benzene rings is 1. The van der Waals surface area contributed by atoms with Gasteiger partial charge < -0.3 is 5.32 Å². The Morgan fingerprint density at radius 2 is 1.90 bits per heavy atom. The second kappa shape index (κ2) is 7.58. The van der Waals surface area contributed by atoms with Gasteiger partial charge in [0.25, 0.3) is 0 Å². The van der Waals surface area contributed by atoms with Crippen LogP contribution in [0, 0.1) is 5.92 Å². The van der Waals surface area contributed by atoms with Crippen LogP contribution in [-0.4, -0.2) is 17.4 Å². The Bertz CT molecular complexity index is 552. The summed E-state index contributed by atoms with van der Waals surface area (Å²) in [6.07, 6.45) is 4.24. The first kappa shape index (κ1) is 15.2. The van der Waals surface area contributed by atoms with Crippen molar-refractivity contribution in [2.75, 3.05) is 6.54 Å². The minimum atomic E-state index is -0.172. The molecule has 0 aliphatic carbocycles. The molecule has 2 rings (SSSR count). The Hall–Kier alpha value is -2.16. The molecule has 21 heavy (non-hydrogen) atoms. The summed E-state index contributed by atoms with van der Waals surface area (Å²) in [6.45, 7) is 4.90. The monoisotopic (exact) mass is 282 g/mol. The first-order chi connectivity index (χ1) is 10.2. The van der Waals surface area contributed by atoms with E-state index in [9.17, 15) is 4.79 Å². The van der Waals surface area contributed by atoms with Crippen molar-refractivity contribution < 1.29 is 4.79 Å². The molecule has 0 radical (unpaired) electrons. The topological polar surface area (TPSA) is 42.0 Å². The van der Waals surface area contributed by atoms with Gasteiger partial charge in [-0.1, -0.05) is 50.2 Å². The van der Waals surface area contributed by atoms with Gasteiger partial charge in [0.1, 0.15) is 0 Å². The highest BCUT2D eigenvalue weighted by molar-refractivity contribution is 5.84. The minimum absolute atomic E-state index is 0.0822. The van der Waals surface area contributed by atoms with Gasteiger partial charge in [0.05, 0.1) is 5.92 Å². The fourth-order valence-electron chi connectivity index (χ4n) is 2.23. The van der Waals surface area contributed by atoms with Gasteiger partial charge in [-0.15, -0.1) is 0 Å². The van der Waals surface area contributed by atoms with E-state index in [0.29, 0.717) is 18.9 Å². The third-order valence-electron chi connectivity index (χ3n) is 3.37. The molecule has 1 aromatic carbocycles. The second-order valence-electron chi connectivity index (χ2n) is 5.67. The third-order valence-corrected chi connectivity index (χ3v) is 3.37. The van der Waals surface area contributed by atoms with Crippen molar-refractivity contribution in [3.63, 3.8) is 0 Å². The molecule has 0 fully saturated rings. The molecule has 0 saturated heterocycles. The van der Waals surface area contributed by atoms with Crippen LogP contribution < -0.4 is 5.32 Å². The lowest BCUT2D eigenvalue weighted by Gasteiger charge is -2.18. The SMILES string of the molecule is CC(C)CNC(=O)C(Cc1cccnc1)c1ccccc1. The van der Waals surface area contributed by atoms with Crippen molar-refractivity contribution in [2.24, 2.45) is 5.92 Å². The molecule has 3 nitrogen and oxygen atoms in total. The normalized spacial score (nSPS) is 12.1. The quantitative estimate of drug-likeness (QED) is 0.884. The Morgan fingerprint density at radius 3 is 2.52 bits per heavy atom. The second-order valence-corrected chi connectivity index (χ2v) is 5.67. The van der Waals surface area contributed by atoms with Gasteiger partial charge in [0, 0.05) is 18.9 Å². The van der Waals surface area contributed by atoms with Crippen molar-refractivity contribution in [3.05, 3.63) is 66.0 Å². The zero-order valence-electron chi connectivity index (χ0n) is 12.6. The van der Waals surface area contributed by atoms with E-state index in [-0.39, 0.29) is 11.8 Å². The first-order valence-corrected chi connectivity index (χ1v) is 7.38. The van der Waals surface area contributed by atoms with Crippen molar-refractivity contribution in [3.8, 4) is 0 Å². The van der Waals surface area contributed by atoms with E-state index in [1.807, 2.05) is 48.7 Å². The maximum Gasteiger partial charge on any atom is 0.227 e.